The standard InChI is InChI=1S/C21H23N7O3S2/c1-12(29)23-20-27-25-18(32-20)5-3-4-6-19-26-28-21(33-19)24-17(30)9-13-11-22-16-8-7-14(31-2)10-15(13)16/h7-8,10-11,22H,3-6,9H2,1-2H3,(H,23,27,29)(H,24,28,30). The minimum atomic E-state index is -0.154. The first-order valence-corrected chi connectivity index (χ1v) is 12.0. The largest absolute Gasteiger partial charge is 0.497 e. The Kier molecular flexibility index (Phi) is 7.25. The molecule has 33 heavy (non-hydrogen) atoms. The SMILES string of the molecule is COc1ccc2[nH]cc(CC(=O)Nc3nnc(CCCCc4nnc(NC(C)=O)s4)s3)c2c1. The molecule has 0 aliphatic rings. The molecule has 0 spiro atoms. The summed E-state index contributed by atoms with van der Waals surface area (Å²) < 4.78 is 5.28. The number of nitrogens with one attached hydrogen (secondary N) is 3. The van der Waals surface area contributed by atoms with Gasteiger partial charge in [0, 0.05) is 36.9 Å². The first-order chi connectivity index (χ1) is 16.0. The van der Waals surface area contributed by atoms with E-state index in [1.807, 2.05) is 24.4 Å². The van der Waals surface area contributed by atoms with E-state index in [9.17, 15) is 9.59 Å². The molecule has 4 rings (SSSR count). The van der Waals surface area contributed by atoms with E-state index in [-0.39, 0.29) is 18.2 Å². The molecule has 2 amide bonds. The average Bonchev–Trinajstić information content (AvgIpc) is 3.51. The van der Waals surface area contributed by atoms with Gasteiger partial charge in [-0.3, -0.25) is 9.59 Å². The Morgan fingerprint density at radius 1 is 1.00 bits per heavy atom. The highest BCUT2D eigenvalue weighted by atomic mass is 32.1. The van der Waals surface area contributed by atoms with Crippen molar-refractivity contribution in [1.29, 1.82) is 0 Å². The normalized spacial score (nSPS) is 11.0. The Hall–Kier alpha value is -3.38. The number of anilines is 2. The Balaban J connectivity index is 1.23. The van der Waals surface area contributed by atoms with Gasteiger partial charge in [0.25, 0.3) is 0 Å². The van der Waals surface area contributed by atoms with Crippen LogP contribution >= 0.6 is 22.7 Å². The second kappa shape index (κ2) is 10.5. The number of carbonyl (C=O) groups is 2. The molecule has 0 aliphatic carbocycles. The zero-order chi connectivity index (χ0) is 23.2. The zero-order valence-electron chi connectivity index (χ0n) is 18.2. The van der Waals surface area contributed by atoms with Crippen LogP contribution in [0.25, 0.3) is 10.9 Å². The van der Waals surface area contributed by atoms with Crippen LogP contribution in [-0.2, 0) is 28.9 Å². The second-order valence-electron chi connectivity index (χ2n) is 7.34. The first-order valence-electron chi connectivity index (χ1n) is 10.4. The lowest BCUT2D eigenvalue weighted by atomic mass is 10.1. The first kappa shape index (κ1) is 22.8. The van der Waals surface area contributed by atoms with Gasteiger partial charge >= 0.3 is 0 Å². The number of amides is 2. The number of carbonyl (C=O) groups excluding carboxylic acids is 2. The van der Waals surface area contributed by atoms with Gasteiger partial charge in [0.2, 0.25) is 22.1 Å². The molecule has 4 aromatic rings. The third kappa shape index (κ3) is 6.11. The number of aromatic nitrogens is 5. The van der Waals surface area contributed by atoms with Gasteiger partial charge in [-0.25, -0.2) is 0 Å². The predicted molar refractivity (Wildman–Crippen MR) is 128 cm³/mol. The van der Waals surface area contributed by atoms with Gasteiger partial charge in [0.1, 0.15) is 15.8 Å². The molecule has 0 fully saturated rings. The number of hydrogen-bond donors (Lipinski definition) is 3. The van der Waals surface area contributed by atoms with Crippen LogP contribution in [0, 0.1) is 0 Å². The van der Waals surface area contributed by atoms with Crippen LogP contribution in [0.15, 0.2) is 24.4 Å². The van der Waals surface area contributed by atoms with Crippen molar-refractivity contribution in [2.75, 3.05) is 17.7 Å². The Morgan fingerprint density at radius 3 is 2.30 bits per heavy atom. The highest BCUT2D eigenvalue weighted by Crippen LogP contribution is 2.25. The van der Waals surface area contributed by atoms with E-state index >= 15 is 0 Å². The quantitative estimate of drug-likeness (QED) is 0.292. The number of benzene rings is 1. The van der Waals surface area contributed by atoms with Gasteiger partial charge < -0.3 is 20.4 Å². The molecule has 0 saturated heterocycles. The monoisotopic (exact) mass is 485 g/mol. The number of fused-ring (bicyclic) bond motifs is 1. The molecule has 0 radical (unpaired) electrons. The number of nitrogens with zero attached hydrogens (tertiary/aromatic N) is 4. The van der Waals surface area contributed by atoms with Crippen molar-refractivity contribution < 1.29 is 14.3 Å². The molecular formula is C21H23N7O3S2. The van der Waals surface area contributed by atoms with E-state index in [0.717, 1.165) is 57.9 Å². The van der Waals surface area contributed by atoms with Crippen molar-refractivity contribution in [3.63, 3.8) is 0 Å². The predicted octanol–water partition coefficient (Wildman–Crippen LogP) is 3.58. The molecule has 0 bridgehead atoms. The maximum atomic E-state index is 12.5. The van der Waals surface area contributed by atoms with Crippen molar-refractivity contribution >= 4 is 55.7 Å². The van der Waals surface area contributed by atoms with E-state index in [4.69, 9.17) is 4.74 Å². The highest BCUT2D eigenvalue weighted by Gasteiger charge is 2.13. The third-order valence-corrected chi connectivity index (χ3v) is 6.62. The number of aryl methyl sites for hydroxylation is 2. The molecule has 1 aromatic carbocycles. The number of methoxy groups -OCH3 is 1. The smallest absolute Gasteiger partial charge is 0.230 e. The summed E-state index contributed by atoms with van der Waals surface area (Å²) in [4.78, 5) is 26.7. The molecule has 12 heteroatoms. The van der Waals surface area contributed by atoms with Gasteiger partial charge in [-0.15, -0.1) is 20.4 Å². The second-order valence-corrected chi connectivity index (χ2v) is 9.46. The molecular weight excluding hydrogens is 462 g/mol. The van der Waals surface area contributed by atoms with Crippen molar-refractivity contribution in [1.82, 2.24) is 25.4 Å². The molecule has 3 N–H and O–H groups in total. The minimum absolute atomic E-state index is 0.146. The van der Waals surface area contributed by atoms with E-state index in [1.54, 1.807) is 7.11 Å². The van der Waals surface area contributed by atoms with Crippen molar-refractivity contribution in [2.24, 2.45) is 0 Å². The summed E-state index contributed by atoms with van der Waals surface area (Å²) in [5.41, 5.74) is 1.85. The summed E-state index contributed by atoms with van der Waals surface area (Å²) in [7, 11) is 1.62. The van der Waals surface area contributed by atoms with Crippen LogP contribution in [0.1, 0.15) is 35.3 Å². The lowest BCUT2D eigenvalue weighted by molar-refractivity contribution is -0.116. The van der Waals surface area contributed by atoms with Crippen LogP contribution in [0.3, 0.4) is 0 Å². The van der Waals surface area contributed by atoms with Crippen molar-refractivity contribution in [2.45, 2.75) is 39.0 Å². The minimum Gasteiger partial charge on any atom is -0.497 e. The third-order valence-electron chi connectivity index (χ3n) is 4.82. The van der Waals surface area contributed by atoms with Gasteiger partial charge in [-0.1, -0.05) is 22.7 Å². The van der Waals surface area contributed by atoms with Crippen LogP contribution in [-0.4, -0.2) is 44.3 Å². The van der Waals surface area contributed by atoms with Crippen molar-refractivity contribution in [3.8, 4) is 5.75 Å². The summed E-state index contributed by atoms with van der Waals surface area (Å²) >= 11 is 2.77. The number of hydrogen-bond acceptors (Lipinski definition) is 9. The van der Waals surface area contributed by atoms with Crippen LogP contribution in [0.5, 0.6) is 5.75 Å². The Labute approximate surface area is 197 Å². The molecule has 0 unspecified atom stereocenters. The van der Waals surface area contributed by atoms with Crippen molar-refractivity contribution in [3.05, 3.63) is 40.0 Å². The molecule has 0 atom stereocenters. The number of ether oxygens (including phenoxy) is 1. The maximum absolute atomic E-state index is 12.5. The fourth-order valence-corrected chi connectivity index (χ4v) is 4.91. The zero-order valence-corrected chi connectivity index (χ0v) is 19.8. The number of unbranched alkanes of at least 4 members (excludes halogenated alkanes) is 1. The van der Waals surface area contributed by atoms with Crippen LogP contribution < -0.4 is 15.4 Å². The lowest BCUT2D eigenvalue weighted by Crippen LogP contribution is -2.14. The molecule has 3 aromatic heterocycles. The van der Waals surface area contributed by atoms with Crippen LogP contribution in [0.2, 0.25) is 0 Å². The summed E-state index contributed by atoms with van der Waals surface area (Å²) in [6.07, 6.45) is 5.45. The fourth-order valence-electron chi connectivity index (χ4n) is 3.28. The average molecular weight is 486 g/mol. The topological polar surface area (TPSA) is 135 Å². The number of H-pyrrole nitrogens is 1. The Morgan fingerprint density at radius 2 is 1.67 bits per heavy atom. The molecule has 10 nitrogen and oxygen atoms in total. The summed E-state index contributed by atoms with van der Waals surface area (Å²) in [5, 5.41) is 25.5. The Bertz CT molecular complexity index is 1260. The number of rotatable bonds is 10. The molecule has 0 aliphatic heterocycles. The van der Waals surface area contributed by atoms with Gasteiger partial charge in [0.15, 0.2) is 0 Å². The van der Waals surface area contributed by atoms with Gasteiger partial charge in [-0.05, 0) is 36.6 Å². The van der Waals surface area contributed by atoms with E-state index in [1.165, 1.54) is 29.6 Å². The lowest BCUT2D eigenvalue weighted by Gasteiger charge is -2.02. The molecule has 172 valence electrons. The highest BCUT2D eigenvalue weighted by molar-refractivity contribution is 7.15. The van der Waals surface area contributed by atoms with E-state index < -0.39 is 0 Å². The fraction of sp³-hybridized carbons (Fsp3) is 0.333. The summed E-state index contributed by atoms with van der Waals surface area (Å²) in [6, 6.07) is 5.72. The van der Waals surface area contributed by atoms with Gasteiger partial charge in [0.05, 0.1) is 13.5 Å². The molecule has 3 heterocycles. The van der Waals surface area contributed by atoms with E-state index in [0.29, 0.717) is 10.3 Å². The summed E-state index contributed by atoms with van der Waals surface area (Å²) in [5.74, 6) is 0.447. The van der Waals surface area contributed by atoms with Crippen LogP contribution in [0.4, 0.5) is 10.3 Å². The maximum Gasteiger partial charge on any atom is 0.230 e. The number of aromatic amines is 1. The molecule has 0 saturated carbocycles. The van der Waals surface area contributed by atoms with E-state index in [2.05, 4.69) is 36.0 Å². The van der Waals surface area contributed by atoms with Gasteiger partial charge in [-0.2, -0.15) is 0 Å². The summed E-state index contributed by atoms with van der Waals surface area (Å²) in [6.45, 7) is 1.44.